The first-order valence-electron chi connectivity index (χ1n) is 8.40. The summed E-state index contributed by atoms with van der Waals surface area (Å²) in [4.78, 5) is 21.1. The molecule has 0 N–H and O–H groups in total. The number of carbonyl (C=O) groups excluding carboxylic acids is 1. The largest absolute Gasteiger partial charge is 0.497 e. The number of ether oxygens (including phenoxy) is 2. The van der Waals surface area contributed by atoms with Gasteiger partial charge in [0.05, 0.1) is 20.5 Å². The van der Waals surface area contributed by atoms with Gasteiger partial charge in [0.1, 0.15) is 11.5 Å². The third kappa shape index (κ3) is 4.30. The summed E-state index contributed by atoms with van der Waals surface area (Å²) in [5, 5.41) is 0. The number of nitrogens with zero attached hydrogens (tertiary/aromatic N) is 4. The van der Waals surface area contributed by atoms with Crippen molar-refractivity contribution >= 4 is 5.91 Å². The number of methoxy groups -OCH3 is 2. The molecule has 1 aliphatic rings. The highest BCUT2D eigenvalue weighted by Crippen LogP contribution is 2.23. The lowest BCUT2D eigenvalue weighted by Gasteiger charge is -2.34. The Balaban J connectivity index is 1.56. The molecule has 1 aliphatic heterocycles. The van der Waals surface area contributed by atoms with Crippen molar-refractivity contribution < 1.29 is 14.3 Å². The van der Waals surface area contributed by atoms with E-state index in [1.165, 1.54) is 0 Å². The van der Waals surface area contributed by atoms with Gasteiger partial charge in [0.2, 0.25) is 0 Å². The van der Waals surface area contributed by atoms with Gasteiger partial charge in [0.25, 0.3) is 5.91 Å². The average Bonchev–Trinajstić information content (AvgIpc) is 3.19. The number of carbonyl (C=O) groups is 1. The minimum absolute atomic E-state index is 0.0199. The summed E-state index contributed by atoms with van der Waals surface area (Å²) in [7, 11) is 3.17. The van der Waals surface area contributed by atoms with E-state index in [0.29, 0.717) is 17.1 Å². The van der Waals surface area contributed by atoms with E-state index in [1.54, 1.807) is 38.6 Å². The van der Waals surface area contributed by atoms with Gasteiger partial charge in [-0.3, -0.25) is 9.69 Å². The SMILES string of the molecule is COc1cc(OC)cc(C(=O)N2CCN(CCn3ccnc3)CC2)c1. The lowest BCUT2D eigenvalue weighted by atomic mass is 10.1. The van der Waals surface area contributed by atoms with Gasteiger partial charge >= 0.3 is 0 Å². The Hall–Kier alpha value is -2.54. The molecule has 1 aromatic heterocycles. The van der Waals surface area contributed by atoms with Gasteiger partial charge in [-0.2, -0.15) is 0 Å². The molecular weight excluding hydrogens is 320 g/mol. The van der Waals surface area contributed by atoms with E-state index >= 15 is 0 Å². The zero-order valence-corrected chi connectivity index (χ0v) is 14.7. The fourth-order valence-corrected chi connectivity index (χ4v) is 2.96. The number of hydrogen-bond donors (Lipinski definition) is 0. The van der Waals surface area contributed by atoms with E-state index in [1.807, 2.05) is 17.4 Å². The average molecular weight is 344 g/mol. The maximum Gasteiger partial charge on any atom is 0.254 e. The Bertz CT molecular complexity index is 672. The maximum absolute atomic E-state index is 12.8. The molecule has 25 heavy (non-hydrogen) atoms. The maximum atomic E-state index is 12.8. The number of rotatable bonds is 6. The second-order valence-corrected chi connectivity index (χ2v) is 6.04. The van der Waals surface area contributed by atoms with Crippen molar-refractivity contribution in [3.05, 3.63) is 42.5 Å². The number of amides is 1. The first-order valence-corrected chi connectivity index (χ1v) is 8.40. The summed E-state index contributed by atoms with van der Waals surface area (Å²) < 4.78 is 12.6. The molecule has 7 nitrogen and oxygen atoms in total. The van der Waals surface area contributed by atoms with Gasteiger partial charge in [-0.05, 0) is 12.1 Å². The van der Waals surface area contributed by atoms with Crippen molar-refractivity contribution in [1.82, 2.24) is 19.4 Å². The van der Waals surface area contributed by atoms with Crippen molar-refractivity contribution in [3.8, 4) is 11.5 Å². The fraction of sp³-hybridized carbons (Fsp3) is 0.444. The van der Waals surface area contributed by atoms with Crippen molar-refractivity contribution in [2.75, 3.05) is 46.9 Å². The number of piperazine rings is 1. The Kier molecular flexibility index (Phi) is 5.55. The Labute approximate surface area is 147 Å². The van der Waals surface area contributed by atoms with E-state index in [9.17, 15) is 4.79 Å². The van der Waals surface area contributed by atoms with Crippen molar-refractivity contribution in [2.24, 2.45) is 0 Å². The molecule has 0 unspecified atom stereocenters. The predicted octanol–water partition coefficient (Wildman–Crippen LogP) is 1.36. The summed E-state index contributed by atoms with van der Waals surface area (Å²) in [5.41, 5.74) is 0.600. The van der Waals surface area contributed by atoms with Gasteiger partial charge in [-0.1, -0.05) is 0 Å². The summed E-state index contributed by atoms with van der Waals surface area (Å²) in [6, 6.07) is 5.29. The normalized spacial score (nSPS) is 15.2. The Morgan fingerprint density at radius 1 is 1.04 bits per heavy atom. The first-order chi connectivity index (χ1) is 12.2. The molecule has 1 aromatic carbocycles. The van der Waals surface area contributed by atoms with Crippen LogP contribution in [0, 0.1) is 0 Å². The molecule has 2 heterocycles. The molecule has 1 amide bonds. The zero-order valence-electron chi connectivity index (χ0n) is 14.7. The van der Waals surface area contributed by atoms with Crippen LogP contribution in [0.25, 0.3) is 0 Å². The fourth-order valence-electron chi connectivity index (χ4n) is 2.96. The van der Waals surface area contributed by atoms with Crippen LogP contribution in [-0.4, -0.2) is 72.2 Å². The van der Waals surface area contributed by atoms with Gasteiger partial charge in [0, 0.05) is 63.3 Å². The van der Waals surface area contributed by atoms with Crippen LogP contribution in [0.3, 0.4) is 0 Å². The van der Waals surface area contributed by atoms with Crippen LogP contribution >= 0.6 is 0 Å². The Morgan fingerprint density at radius 2 is 1.72 bits per heavy atom. The van der Waals surface area contributed by atoms with Crippen molar-refractivity contribution in [2.45, 2.75) is 6.54 Å². The van der Waals surface area contributed by atoms with Crippen LogP contribution in [-0.2, 0) is 6.54 Å². The van der Waals surface area contributed by atoms with Crippen molar-refractivity contribution in [1.29, 1.82) is 0 Å². The van der Waals surface area contributed by atoms with E-state index in [-0.39, 0.29) is 5.91 Å². The van der Waals surface area contributed by atoms with Crippen LogP contribution in [0.1, 0.15) is 10.4 Å². The van der Waals surface area contributed by atoms with Gasteiger partial charge < -0.3 is 18.9 Å². The molecule has 1 fully saturated rings. The topological polar surface area (TPSA) is 59.8 Å². The monoisotopic (exact) mass is 344 g/mol. The van der Waals surface area contributed by atoms with E-state index in [0.717, 1.165) is 39.3 Å². The number of hydrogen-bond acceptors (Lipinski definition) is 5. The molecule has 0 spiro atoms. The van der Waals surface area contributed by atoms with Crippen LogP contribution in [0.4, 0.5) is 0 Å². The first kappa shape index (κ1) is 17.3. The zero-order chi connectivity index (χ0) is 17.6. The van der Waals surface area contributed by atoms with E-state index < -0.39 is 0 Å². The summed E-state index contributed by atoms with van der Waals surface area (Å²) >= 11 is 0. The molecule has 0 bridgehead atoms. The van der Waals surface area contributed by atoms with E-state index in [2.05, 4.69) is 14.5 Å². The lowest BCUT2D eigenvalue weighted by Crippen LogP contribution is -2.49. The molecule has 0 aliphatic carbocycles. The summed E-state index contributed by atoms with van der Waals surface area (Å²) in [6.45, 7) is 5.08. The van der Waals surface area contributed by atoms with Crippen LogP contribution in [0.2, 0.25) is 0 Å². The van der Waals surface area contributed by atoms with Gasteiger partial charge in [-0.15, -0.1) is 0 Å². The molecule has 134 valence electrons. The molecule has 2 aromatic rings. The minimum atomic E-state index is 0.0199. The number of imidazole rings is 1. The standard InChI is InChI=1S/C18H24N4O3/c1-24-16-11-15(12-17(13-16)25-2)18(23)22-9-7-20(8-10-22)5-6-21-4-3-19-14-21/h3-4,11-14H,5-10H2,1-2H3. The van der Waals surface area contributed by atoms with Crippen LogP contribution in [0.15, 0.2) is 36.9 Å². The molecule has 3 rings (SSSR count). The third-order valence-electron chi connectivity index (χ3n) is 4.49. The van der Waals surface area contributed by atoms with Gasteiger partial charge in [-0.25, -0.2) is 4.98 Å². The third-order valence-corrected chi connectivity index (χ3v) is 4.49. The quantitative estimate of drug-likeness (QED) is 0.792. The molecule has 7 heteroatoms. The summed E-state index contributed by atoms with van der Waals surface area (Å²) in [6.07, 6.45) is 5.59. The molecule has 1 saturated heterocycles. The highest BCUT2D eigenvalue weighted by molar-refractivity contribution is 5.95. The lowest BCUT2D eigenvalue weighted by molar-refractivity contribution is 0.0632. The number of aromatic nitrogens is 2. The van der Waals surface area contributed by atoms with Crippen molar-refractivity contribution in [3.63, 3.8) is 0 Å². The molecular formula is C18H24N4O3. The van der Waals surface area contributed by atoms with E-state index in [4.69, 9.17) is 9.47 Å². The highest BCUT2D eigenvalue weighted by Gasteiger charge is 2.22. The van der Waals surface area contributed by atoms with Gasteiger partial charge in [0.15, 0.2) is 0 Å². The molecule has 0 saturated carbocycles. The second kappa shape index (κ2) is 8.02. The summed E-state index contributed by atoms with van der Waals surface area (Å²) in [5.74, 6) is 1.27. The van der Waals surface area contributed by atoms with Crippen LogP contribution in [0.5, 0.6) is 11.5 Å². The minimum Gasteiger partial charge on any atom is -0.497 e. The predicted molar refractivity (Wildman–Crippen MR) is 94.1 cm³/mol. The van der Waals surface area contributed by atoms with Crippen LogP contribution < -0.4 is 9.47 Å². The second-order valence-electron chi connectivity index (χ2n) is 6.04. The smallest absolute Gasteiger partial charge is 0.254 e. The molecule has 0 atom stereocenters. The highest BCUT2D eigenvalue weighted by atomic mass is 16.5. The molecule has 0 radical (unpaired) electrons. The number of benzene rings is 1. The Morgan fingerprint density at radius 3 is 2.28 bits per heavy atom.